The molecule has 3 rings (SSSR count). The number of nitrogens with one attached hydrogen (secondary N) is 1. The molecule has 0 spiro atoms. The lowest BCUT2D eigenvalue weighted by Crippen LogP contribution is -2.26. The molecule has 0 aliphatic carbocycles. The number of rotatable bonds is 6. The molecule has 152 valence electrons. The summed E-state index contributed by atoms with van der Waals surface area (Å²) in [6.45, 7) is 3.75. The van der Waals surface area contributed by atoms with Crippen molar-refractivity contribution in [2.24, 2.45) is 0 Å². The van der Waals surface area contributed by atoms with Crippen molar-refractivity contribution in [3.05, 3.63) is 105 Å². The van der Waals surface area contributed by atoms with Gasteiger partial charge in [0.15, 0.2) is 0 Å². The molecule has 1 atom stereocenters. The van der Waals surface area contributed by atoms with Gasteiger partial charge in [-0.15, -0.1) is 0 Å². The number of hydrogen-bond donors (Lipinski definition) is 1. The molecule has 3 aromatic rings. The lowest BCUT2D eigenvalue weighted by molar-refractivity contribution is -0.385. The van der Waals surface area contributed by atoms with E-state index >= 15 is 0 Å². The molecular weight excluding hydrogens is 384 g/mol. The normalized spacial score (nSPS) is 11.4. The monoisotopic (exact) mass is 404 g/mol. The van der Waals surface area contributed by atoms with Crippen LogP contribution in [0.3, 0.4) is 0 Å². The molecule has 0 aliphatic rings. The van der Waals surface area contributed by atoms with Gasteiger partial charge in [-0.25, -0.2) is 4.79 Å². The lowest BCUT2D eigenvalue weighted by Gasteiger charge is -2.19. The minimum Gasteiger partial charge on any atom is -0.443 e. The molecule has 1 amide bonds. The van der Waals surface area contributed by atoms with Gasteiger partial charge in [0.05, 0.1) is 4.92 Å². The van der Waals surface area contributed by atoms with Crippen LogP contribution in [0.2, 0.25) is 0 Å². The highest BCUT2D eigenvalue weighted by Gasteiger charge is 2.29. The zero-order valence-electron chi connectivity index (χ0n) is 16.5. The van der Waals surface area contributed by atoms with Crippen LogP contribution in [-0.2, 0) is 9.53 Å². The molecule has 0 aromatic heterocycles. The molecule has 0 saturated heterocycles. The van der Waals surface area contributed by atoms with Crippen molar-refractivity contribution in [2.75, 3.05) is 5.32 Å². The summed E-state index contributed by atoms with van der Waals surface area (Å²) in [7, 11) is 0. The zero-order chi connectivity index (χ0) is 21.7. The predicted molar refractivity (Wildman–Crippen MR) is 112 cm³/mol. The molecular formula is C23H20N2O5. The van der Waals surface area contributed by atoms with Crippen LogP contribution < -0.4 is 5.32 Å². The van der Waals surface area contributed by atoms with Crippen LogP contribution in [-0.4, -0.2) is 16.8 Å². The Morgan fingerprint density at radius 2 is 1.63 bits per heavy atom. The maximum Gasteiger partial charge on any atom is 0.346 e. The molecule has 7 heteroatoms. The van der Waals surface area contributed by atoms with E-state index < -0.39 is 22.9 Å². The van der Waals surface area contributed by atoms with Gasteiger partial charge in [0.25, 0.3) is 11.6 Å². The smallest absolute Gasteiger partial charge is 0.346 e. The fourth-order valence-electron chi connectivity index (χ4n) is 2.95. The number of carbonyl (C=O) groups excluding carboxylic acids is 2. The molecule has 0 heterocycles. The third-order valence-electron chi connectivity index (χ3n) is 4.54. The van der Waals surface area contributed by atoms with Crippen molar-refractivity contribution >= 4 is 23.3 Å². The summed E-state index contributed by atoms with van der Waals surface area (Å²) in [5.41, 5.74) is 2.26. The van der Waals surface area contributed by atoms with Crippen LogP contribution in [0, 0.1) is 24.0 Å². The number of nitro groups is 1. The maximum absolute atomic E-state index is 13.0. The van der Waals surface area contributed by atoms with Gasteiger partial charge in [0, 0.05) is 17.3 Å². The number of anilines is 1. The maximum atomic E-state index is 13.0. The second-order valence-corrected chi connectivity index (χ2v) is 6.78. The minimum absolute atomic E-state index is 0.219. The lowest BCUT2D eigenvalue weighted by atomic mass is 10.1. The second kappa shape index (κ2) is 9.00. The number of esters is 1. The average molecular weight is 404 g/mol. The average Bonchev–Trinajstić information content (AvgIpc) is 2.75. The van der Waals surface area contributed by atoms with E-state index in [0.717, 1.165) is 11.1 Å². The first-order valence-electron chi connectivity index (χ1n) is 9.24. The van der Waals surface area contributed by atoms with E-state index in [2.05, 4.69) is 5.32 Å². The Labute approximate surface area is 173 Å². The highest BCUT2D eigenvalue weighted by Crippen LogP contribution is 2.26. The van der Waals surface area contributed by atoms with Crippen molar-refractivity contribution in [3.8, 4) is 0 Å². The number of nitro benzene ring substituents is 1. The molecule has 0 aliphatic heterocycles. The van der Waals surface area contributed by atoms with E-state index in [1.807, 2.05) is 32.0 Å². The van der Waals surface area contributed by atoms with E-state index in [4.69, 9.17) is 4.74 Å². The highest BCUT2D eigenvalue weighted by molar-refractivity contribution is 5.99. The van der Waals surface area contributed by atoms with Crippen LogP contribution in [0.5, 0.6) is 0 Å². The zero-order valence-corrected chi connectivity index (χ0v) is 16.5. The van der Waals surface area contributed by atoms with Crippen LogP contribution in [0.1, 0.15) is 33.2 Å². The SMILES string of the molecule is Cc1ccc(C)c(NC(=O)C(OC(=O)c2ccccc2[N+](=O)[O-])c2ccccc2)c1. The fraction of sp³-hybridized carbons (Fsp3) is 0.130. The summed E-state index contributed by atoms with van der Waals surface area (Å²) in [4.78, 5) is 36.3. The Morgan fingerprint density at radius 1 is 0.967 bits per heavy atom. The van der Waals surface area contributed by atoms with Gasteiger partial charge in [0.2, 0.25) is 6.10 Å². The Balaban J connectivity index is 1.92. The van der Waals surface area contributed by atoms with Gasteiger partial charge in [0.1, 0.15) is 5.56 Å². The van der Waals surface area contributed by atoms with Gasteiger partial charge in [-0.1, -0.05) is 54.6 Å². The summed E-state index contributed by atoms with van der Waals surface area (Å²) in [6, 6.07) is 19.6. The number of hydrogen-bond acceptors (Lipinski definition) is 5. The van der Waals surface area contributed by atoms with Crippen molar-refractivity contribution in [1.82, 2.24) is 0 Å². The van der Waals surface area contributed by atoms with E-state index in [9.17, 15) is 19.7 Å². The molecule has 0 bridgehead atoms. The van der Waals surface area contributed by atoms with E-state index in [0.29, 0.717) is 11.3 Å². The molecule has 0 radical (unpaired) electrons. The van der Waals surface area contributed by atoms with Crippen molar-refractivity contribution in [2.45, 2.75) is 20.0 Å². The Kier molecular flexibility index (Phi) is 6.22. The highest BCUT2D eigenvalue weighted by atomic mass is 16.6. The number of nitrogens with zero attached hydrogens (tertiary/aromatic N) is 1. The number of carbonyl (C=O) groups is 2. The quantitative estimate of drug-likeness (QED) is 0.363. The summed E-state index contributed by atoms with van der Waals surface area (Å²) in [6.07, 6.45) is -1.28. The van der Waals surface area contributed by atoms with Gasteiger partial charge < -0.3 is 10.1 Å². The van der Waals surface area contributed by atoms with Crippen LogP contribution >= 0.6 is 0 Å². The number of aryl methyl sites for hydroxylation is 2. The minimum atomic E-state index is -1.28. The van der Waals surface area contributed by atoms with E-state index in [-0.39, 0.29) is 11.3 Å². The molecule has 1 unspecified atom stereocenters. The molecule has 0 fully saturated rings. The van der Waals surface area contributed by atoms with Crippen molar-refractivity contribution < 1.29 is 19.2 Å². The molecule has 1 N–H and O–H groups in total. The first-order chi connectivity index (χ1) is 14.4. The fourth-order valence-corrected chi connectivity index (χ4v) is 2.95. The molecule has 3 aromatic carbocycles. The van der Waals surface area contributed by atoms with Crippen LogP contribution in [0.25, 0.3) is 0 Å². The Hall–Kier alpha value is -4.00. The molecule has 30 heavy (non-hydrogen) atoms. The third kappa shape index (κ3) is 4.70. The van der Waals surface area contributed by atoms with Crippen LogP contribution in [0.15, 0.2) is 72.8 Å². The summed E-state index contributed by atoms with van der Waals surface area (Å²) in [5.74, 6) is -1.51. The van der Waals surface area contributed by atoms with Crippen molar-refractivity contribution in [1.29, 1.82) is 0 Å². The standard InChI is InChI=1S/C23H20N2O5/c1-15-12-13-16(2)19(14-15)24-22(26)21(17-8-4-3-5-9-17)30-23(27)18-10-6-7-11-20(18)25(28)29/h3-14,21H,1-2H3,(H,24,26). The number of benzene rings is 3. The van der Waals surface area contributed by atoms with Gasteiger partial charge in [-0.3, -0.25) is 14.9 Å². The summed E-state index contributed by atoms with van der Waals surface area (Å²) < 4.78 is 5.46. The third-order valence-corrected chi connectivity index (χ3v) is 4.54. The topological polar surface area (TPSA) is 98.5 Å². The first kappa shape index (κ1) is 20.7. The Bertz CT molecular complexity index is 1100. The number of ether oxygens (including phenoxy) is 1. The van der Waals surface area contributed by atoms with Crippen molar-refractivity contribution in [3.63, 3.8) is 0 Å². The molecule has 0 saturated carbocycles. The largest absolute Gasteiger partial charge is 0.443 e. The van der Waals surface area contributed by atoms with E-state index in [1.54, 1.807) is 30.3 Å². The molecule has 7 nitrogen and oxygen atoms in total. The summed E-state index contributed by atoms with van der Waals surface area (Å²) in [5, 5.41) is 14.0. The summed E-state index contributed by atoms with van der Waals surface area (Å²) >= 11 is 0. The Morgan fingerprint density at radius 3 is 2.33 bits per heavy atom. The van der Waals surface area contributed by atoms with Gasteiger partial charge >= 0.3 is 5.97 Å². The van der Waals surface area contributed by atoms with Gasteiger partial charge in [-0.2, -0.15) is 0 Å². The first-order valence-corrected chi connectivity index (χ1v) is 9.24. The second-order valence-electron chi connectivity index (χ2n) is 6.78. The number of para-hydroxylation sites is 1. The van der Waals surface area contributed by atoms with E-state index in [1.165, 1.54) is 24.3 Å². The number of amides is 1. The van der Waals surface area contributed by atoms with Crippen LogP contribution in [0.4, 0.5) is 11.4 Å². The predicted octanol–water partition coefficient (Wildman–Crippen LogP) is 4.75. The van der Waals surface area contributed by atoms with Gasteiger partial charge in [-0.05, 0) is 37.1 Å².